The first-order chi connectivity index (χ1) is 7.33. The fraction of sp³-hybridized carbons (Fsp3) is 0.400. The van der Waals surface area contributed by atoms with E-state index >= 15 is 0 Å². The summed E-state index contributed by atoms with van der Waals surface area (Å²) in [4.78, 5) is 2.73. The van der Waals surface area contributed by atoms with Gasteiger partial charge < -0.3 is 5.32 Å². The van der Waals surface area contributed by atoms with Crippen molar-refractivity contribution in [3.8, 4) is 0 Å². The van der Waals surface area contributed by atoms with Gasteiger partial charge >= 0.3 is 0 Å². The van der Waals surface area contributed by atoms with Gasteiger partial charge in [-0.3, -0.25) is 0 Å². The van der Waals surface area contributed by atoms with Gasteiger partial charge in [0, 0.05) is 23.2 Å². The summed E-state index contributed by atoms with van der Waals surface area (Å²) in [7, 11) is 0. The molecule has 1 aromatic rings. The monoisotopic (exact) mass is 206 g/mol. The number of alkyl halides is 1. The Kier molecular flexibility index (Phi) is 2.85. The Bertz CT molecular complexity index is 412. The van der Waals surface area contributed by atoms with Crippen molar-refractivity contribution in [2.24, 2.45) is 5.11 Å². The number of benzene rings is 1. The molecule has 15 heavy (non-hydrogen) atoms. The number of rotatable bonds is 2. The molecule has 5 heteroatoms. The highest BCUT2D eigenvalue weighted by atomic mass is 19.1. The van der Waals surface area contributed by atoms with E-state index in [0.717, 1.165) is 11.1 Å². The highest BCUT2D eigenvalue weighted by molar-refractivity contribution is 5.45. The second-order valence-electron chi connectivity index (χ2n) is 3.58. The number of halogens is 1. The van der Waals surface area contributed by atoms with Crippen LogP contribution in [0.25, 0.3) is 10.4 Å². The van der Waals surface area contributed by atoms with E-state index in [1.165, 1.54) is 0 Å². The molecule has 0 saturated heterocycles. The van der Waals surface area contributed by atoms with Crippen LogP contribution in [0.4, 0.5) is 10.1 Å². The van der Waals surface area contributed by atoms with Gasteiger partial charge in [0.15, 0.2) is 0 Å². The van der Waals surface area contributed by atoms with Gasteiger partial charge in [0.05, 0.1) is 0 Å². The van der Waals surface area contributed by atoms with Gasteiger partial charge in [-0.05, 0) is 29.1 Å². The average molecular weight is 206 g/mol. The molecule has 0 aliphatic carbocycles. The van der Waals surface area contributed by atoms with Gasteiger partial charge in [-0.15, -0.1) is 0 Å². The van der Waals surface area contributed by atoms with Crippen LogP contribution in [0.2, 0.25) is 0 Å². The van der Waals surface area contributed by atoms with E-state index in [0.29, 0.717) is 18.7 Å². The van der Waals surface area contributed by atoms with Crippen molar-refractivity contribution in [2.45, 2.75) is 19.0 Å². The topological polar surface area (TPSA) is 60.8 Å². The Morgan fingerprint density at radius 1 is 1.53 bits per heavy atom. The predicted octanol–water partition coefficient (Wildman–Crippen LogP) is 2.61. The third-order valence-corrected chi connectivity index (χ3v) is 2.58. The third kappa shape index (κ3) is 2.09. The summed E-state index contributed by atoms with van der Waals surface area (Å²) in [5.74, 6) is 0. The Hall–Kier alpha value is -1.58. The number of nitrogens with zero attached hydrogens (tertiary/aromatic N) is 3. The Morgan fingerprint density at radius 2 is 2.40 bits per heavy atom. The molecule has 0 saturated carbocycles. The second kappa shape index (κ2) is 4.29. The predicted molar refractivity (Wildman–Crippen MR) is 55.6 cm³/mol. The number of hydrogen-bond donors (Lipinski definition) is 1. The van der Waals surface area contributed by atoms with Crippen LogP contribution in [0, 0.1) is 0 Å². The molecule has 0 aromatic heterocycles. The maximum Gasteiger partial charge on any atom is 0.105 e. The molecule has 1 atom stereocenters. The second-order valence-corrected chi connectivity index (χ2v) is 3.58. The molecule has 1 aromatic carbocycles. The zero-order chi connectivity index (χ0) is 10.7. The van der Waals surface area contributed by atoms with Crippen LogP contribution in [-0.4, -0.2) is 12.7 Å². The molecular weight excluding hydrogens is 195 g/mol. The molecule has 4 nitrogen and oxygen atoms in total. The van der Waals surface area contributed by atoms with Crippen molar-refractivity contribution in [2.75, 3.05) is 6.67 Å². The van der Waals surface area contributed by atoms with Crippen LogP contribution in [0.1, 0.15) is 11.1 Å². The maximum atomic E-state index is 12.4. The molecular formula is C10H11FN4. The quantitative estimate of drug-likeness (QED) is 0.451. The molecule has 1 aliphatic rings. The maximum absolute atomic E-state index is 12.4. The van der Waals surface area contributed by atoms with Crippen molar-refractivity contribution >= 4 is 5.69 Å². The summed E-state index contributed by atoms with van der Waals surface area (Å²) < 4.78 is 12.4. The Morgan fingerprint density at radius 3 is 3.13 bits per heavy atom. The lowest BCUT2D eigenvalue weighted by atomic mass is 9.96. The molecule has 1 N–H and O–H groups in total. The minimum absolute atomic E-state index is 0.0807. The average Bonchev–Trinajstić information content (AvgIpc) is 2.29. The highest BCUT2D eigenvalue weighted by Crippen LogP contribution is 2.22. The van der Waals surface area contributed by atoms with Gasteiger partial charge in [0.2, 0.25) is 0 Å². The summed E-state index contributed by atoms with van der Waals surface area (Å²) in [6.07, 6.45) is 0.697. The van der Waals surface area contributed by atoms with E-state index in [2.05, 4.69) is 15.3 Å². The van der Waals surface area contributed by atoms with Gasteiger partial charge in [0.1, 0.15) is 6.67 Å². The Labute approximate surface area is 86.7 Å². The van der Waals surface area contributed by atoms with Crippen LogP contribution < -0.4 is 5.32 Å². The zero-order valence-electron chi connectivity index (χ0n) is 8.15. The van der Waals surface area contributed by atoms with Crippen molar-refractivity contribution in [1.82, 2.24) is 5.32 Å². The van der Waals surface area contributed by atoms with Gasteiger partial charge in [0.25, 0.3) is 0 Å². The summed E-state index contributed by atoms with van der Waals surface area (Å²) in [5, 5.41) is 6.62. The van der Waals surface area contributed by atoms with Crippen LogP contribution >= 0.6 is 0 Å². The number of azide groups is 1. The van der Waals surface area contributed by atoms with Crippen molar-refractivity contribution in [3.05, 3.63) is 39.8 Å². The fourth-order valence-electron chi connectivity index (χ4n) is 1.79. The van der Waals surface area contributed by atoms with E-state index < -0.39 is 0 Å². The summed E-state index contributed by atoms with van der Waals surface area (Å²) in [6, 6.07) is 5.43. The summed E-state index contributed by atoms with van der Waals surface area (Å²) in [5.41, 5.74) is 11.1. The lowest BCUT2D eigenvalue weighted by Gasteiger charge is -2.24. The smallest absolute Gasteiger partial charge is 0.105 e. The van der Waals surface area contributed by atoms with Crippen LogP contribution in [-0.2, 0) is 13.0 Å². The van der Waals surface area contributed by atoms with E-state index in [1.54, 1.807) is 6.07 Å². The zero-order valence-corrected chi connectivity index (χ0v) is 8.15. The third-order valence-electron chi connectivity index (χ3n) is 2.58. The fourth-order valence-corrected chi connectivity index (χ4v) is 1.79. The molecule has 0 amide bonds. The molecule has 0 bridgehead atoms. The number of hydrogen-bond acceptors (Lipinski definition) is 2. The first-order valence-electron chi connectivity index (χ1n) is 4.79. The van der Waals surface area contributed by atoms with Gasteiger partial charge in [-0.1, -0.05) is 17.2 Å². The minimum Gasteiger partial charge on any atom is -0.307 e. The van der Waals surface area contributed by atoms with Crippen LogP contribution in [0.15, 0.2) is 23.3 Å². The first kappa shape index (κ1) is 9.96. The first-order valence-corrected chi connectivity index (χ1v) is 4.79. The molecule has 1 heterocycles. The van der Waals surface area contributed by atoms with E-state index in [9.17, 15) is 4.39 Å². The van der Waals surface area contributed by atoms with E-state index in [1.807, 2.05) is 12.1 Å². The molecule has 78 valence electrons. The van der Waals surface area contributed by atoms with Gasteiger partial charge in [-0.25, -0.2) is 4.39 Å². The molecule has 0 unspecified atom stereocenters. The van der Waals surface area contributed by atoms with Crippen LogP contribution in [0.5, 0.6) is 0 Å². The van der Waals surface area contributed by atoms with Crippen molar-refractivity contribution < 1.29 is 4.39 Å². The van der Waals surface area contributed by atoms with E-state index in [4.69, 9.17) is 5.53 Å². The van der Waals surface area contributed by atoms with Gasteiger partial charge in [-0.2, -0.15) is 0 Å². The molecule has 0 spiro atoms. The number of nitrogens with one attached hydrogen (secondary N) is 1. The molecule has 2 rings (SSSR count). The lowest BCUT2D eigenvalue weighted by molar-refractivity contribution is 0.359. The minimum atomic E-state index is -0.350. The molecule has 0 fully saturated rings. The molecule has 0 radical (unpaired) electrons. The van der Waals surface area contributed by atoms with E-state index in [-0.39, 0.29) is 12.7 Å². The van der Waals surface area contributed by atoms with Crippen LogP contribution in [0.3, 0.4) is 0 Å². The lowest BCUT2D eigenvalue weighted by Crippen LogP contribution is -2.36. The largest absolute Gasteiger partial charge is 0.307 e. The summed E-state index contributed by atoms with van der Waals surface area (Å²) in [6.45, 7) is 0.288. The van der Waals surface area contributed by atoms with Crippen molar-refractivity contribution in [1.29, 1.82) is 0 Å². The van der Waals surface area contributed by atoms with Crippen molar-refractivity contribution in [3.63, 3.8) is 0 Å². The highest BCUT2D eigenvalue weighted by Gasteiger charge is 2.17. The normalized spacial score (nSPS) is 19.1. The molecule has 1 aliphatic heterocycles. The summed E-state index contributed by atoms with van der Waals surface area (Å²) >= 11 is 0. The standard InChI is InChI=1S/C10H11FN4/c11-5-10-3-7-1-2-9(14-15-12)4-8(7)6-13-10/h1-2,4,10,13H,3,5-6H2/t10-/m1/s1. The SMILES string of the molecule is [N-]=[N+]=Nc1ccc2c(c1)CN[C@@H](CF)C2. The Balaban J connectivity index is 2.28. The number of fused-ring (bicyclic) bond motifs is 1.